The molecule has 3 aromatic rings. The number of hydrogen-bond acceptors (Lipinski definition) is 2. The quantitative estimate of drug-likeness (QED) is 0.627. The molecule has 23 heavy (non-hydrogen) atoms. The van der Waals surface area contributed by atoms with Crippen LogP contribution < -0.4 is 9.83 Å². The first kappa shape index (κ1) is 14.2. The van der Waals surface area contributed by atoms with Crippen LogP contribution in [0.4, 0.5) is 0 Å². The maximum absolute atomic E-state index is 13.0. The average Bonchev–Trinajstić information content (AvgIpc) is 2.61. The van der Waals surface area contributed by atoms with Crippen molar-refractivity contribution >= 4 is 19.0 Å². The molecular formula is C20H15O2P. The van der Waals surface area contributed by atoms with Gasteiger partial charge < -0.3 is 4.52 Å². The van der Waals surface area contributed by atoms with Crippen molar-refractivity contribution in [2.75, 3.05) is 0 Å². The van der Waals surface area contributed by atoms with Gasteiger partial charge in [-0.05, 0) is 18.6 Å². The SMILES string of the molecule is Cc1ccc(C(=O)P2Oc3ccccc3-c3ccccc32)cc1. The van der Waals surface area contributed by atoms with Crippen molar-refractivity contribution in [3.05, 3.63) is 83.9 Å². The summed E-state index contributed by atoms with van der Waals surface area (Å²) in [5.74, 6) is 0.790. The van der Waals surface area contributed by atoms with Crippen molar-refractivity contribution in [3.8, 4) is 16.9 Å². The number of aryl methyl sites for hydroxylation is 1. The number of carbonyl (C=O) groups excluding carboxylic acids is 1. The van der Waals surface area contributed by atoms with Crippen LogP contribution in [0.15, 0.2) is 72.8 Å². The molecule has 112 valence electrons. The van der Waals surface area contributed by atoms with Gasteiger partial charge in [0.25, 0.3) is 0 Å². The van der Waals surface area contributed by atoms with Gasteiger partial charge in [-0.1, -0.05) is 72.3 Å². The Morgan fingerprint density at radius 1 is 0.826 bits per heavy atom. The van der Waals surface area contributed by atoms with Crippen LogP contribution in [-0.2, 0) is 0 Å². The lowest BCUT2D eigenvalue weighted by molar-refractivity contribution is 0.107. The van der Waals surface area contributed by atoms with Crippen molar-refractivity contribution in [3.63, 3.8) is 0 Å². The Labute approximate surface area is 136 Å². The zero-order chi connectivity index (χ0) is 15.8. The van der Waals surface area contributed by atoms with E-state index in [-0.39, 0.29) is 5.52 Å². The predicted octanol–water partition coefficient (Wildman–Crippen LogP) is 4.92. The average molecular weight is 318 g/mol. The van der Waals surface area contributed by atoms with E-state index in [9.17, 15) is 4.79 Å². The van der Waals surface area contributed by atoms with Crippen molar-refractivity contribution in [2.45, 2.75) is 6.92 Å². The molecule has 0 amide bonds. The Morgan fingerprint density at radius 3 is 2.26 bits per heavy atom. The summed E-state index contributed by atoms with van der Waals surface area (Å²) in [5.41, 5.74) is 4.06. The minimum atomic E-state index is -1.36. The fourth-order valence-corrected chi connectivity index (χ4v) is 4.53. The largest absolute Gasteiger partial charge is 0.460 e. The lowest BCUT2D eigenvalue weighted by Gasteiger charge is -2.27. The molecule has 0 aliphatic carbocycles. The molecule has 1 heterocycles. The Kier molecular flexibility index (Phi) is 3.48. The van der Waals surface area contributed by atoms with Crippen LogP contribution in [0.2, 0.25) is 0 Å². The third-order valence-corrected chi connectivity index (χ3v) is 5.81. The summed E-state index contributed by atoms with van der Waals surface area (Å²) in [5, 5.41) is 0.992. The molecule has 0 N–H and O–H groups in total. The number of carbonyl (C=O) groups is 1. The van der Waals surface area contributed by atoms with Gasteiger partial charge in [-0.25, -0.2) is 0 Å². The highest BCUT2D eigenvalue weighted by molar-refractivity contribution is 7.78. The molecule has 4 rings (SSSR count). The lowest BCUT2D eigenvalue weighted by Crippen LogP contribution is -2.19. The molecule has 2 nitrogen and oxygen atoms in total. The van der Waals surface area contributed by atoms with Gasteiger partial charge in [0.15, 0.2) is 8.15 Å². The van der Waals surface area contributed by atoms with Crippen molar-refractivity contribution in [1.29, 1.82) is 0 Å². The van der Waals surface area contributed by atoms with Gasteiger partial charge in [0.1, 0.15) is 5.75 Å². The van der Waals surface area contributed by atoms with E-state index < -0.39 is 8.15 Å². The fourth-order valence-electron chi connectivity index (χ4n) is 2.76. The van der Waals surface area contributed by atoms with Crippen LogP contribution in [0.5, 0.6) is 5.75 Å². The highest BCUT2D eigenvalue weighted by atomic mass is 31.1. The van der Waals surface area contributed by atoms with Crippen molar-refractivity contribution in [1.82, 2.24) is 0 Å². The molecule has 3 heteroatoms. The first-order chi connectivity index (χ1) is 11.2. The predicted molar refractivity (Wildman–Crippen MR) is 94.6 cm³/mol. The number of hydrogen-bond donors (Lipinski definition) is 0. The fraction of sp³-hybridized carbons (Fsp3) is 0.0500. The minimum Gasteiger partial charge on any atom is -0.460 e. The smallest absolute Gasteiger partial charge is 0.228 e. The molecule has 0 radical (unpaired) electrons. The van der Waals surface area contributed by atoms with Crippen LogP contribution in [-0.4, -0.2) is 5.52 Å². The summed E-state index contributed by atoms with van der Waals surface area (Å²) in [6, 6.07) is 23.6. The highest BCUT2D eigenvalue weighted by Gasteiger charge is 2.32. The van der Waals surface area contributed by atoms with E-state index in [1.54, 1.807) is 0 Å². The van der Waals surface area contributed by atoms with Crippen LogP contribution >= 0.6 is 8.15 Å². The molecule has 0 aromatic heterocycles. The Morgan fingerprint density at radius 2 is 1.48 bits per heavy atom. The number of para-hydroxylation sites is 1. The Balaban J connectivity index is 1.82. The van der Waals surface area contributed by atoms with Crippen LogP contribution in [0.3, 0.4) is 0 Å². The zero-order valence-corrected chi connectivity index (χ0v) is 13.6. The van der Waals surface area contributed by atoms with E-state index in [0.29, 0.717) is 5.56 Å². The second-order valence-corrected chi connectivity index (χ2v) is 7.23. The molecule has 0 saturated heterocycles. The Hall–Kier alpha value is -2.44. The second-order valence-electron chi connectivity index (χ2n) is 5.57. The number of rotatable bonds is 2. The third kappa shape index (κ3) is 2.46. The molecule has 0 bridgehead atoms. The summed E-state index contributed by atoms with van der Waals surface area (Å²) >= 11 is 0. The van der Waals surface area contributed by atoms with Crippen LogP contribution in [0.1, 0.15) is 15.9 Å². The summed E-state index contributed by atoms with van der Waals surface area (Å²) in [4.78, 5) is 13.0. The summed E-state index contributed by atoms with van der Waals surface area (Å²) in [7, 11) is -1.36. The van der Waals surface area contributed by atoms with Crippen molar-refractivity contribution < 1.29 is 9.32 Å². The van der Waals surface area contributed by atoms with E-state index in [1.165, 1.54) is 0 Å². The normalized spacial score (nSPS) is 15.3. The summed E-state index contributed by atoms with van der Waals surface area (Å²) in [6.45, 7) is 2.02. The molecular weight excluding hydrogens is 303 g/mol. The molecule has 0 spiro atoms. The standard InChI is InChI=1S/C20H15O2P/c1-14-10-12-15(13-11-14)20(21)23-19-9-5-3-7-17(19)16-6-2-4-8-18(16)22-23/h2-13H,1H3. The second kappa shape index (κ2) is 5.64. The van der Waals surface area contributed by atoms with E-state index in [1.807, 2.05) is 73.7 Å². The Bertz CT molecular complexity index is 884. The molecule has 0 saturated carbocycles. The van der Waals surface area contributed by atoms with Crippen LogP contribution in [0, 0.1) is 6.92 Å². The maximum Gasteiger partial charge on any atom is 0.228 e. The van der Waals surface area contributed by atoms with E-state index in [4.69, 9.17) is 4.52 Å². The van der Waals surface area contributed by atoms with E-state index >= 15 is 0 Å². The molecule has 3 aromatic carbocycles. The van der Waals surface area contributed by atoms with Crippen molar-refractivity contribution in [2.24, 2.45) is 0 Å². The zero-order valence-electron chi connectivity index (χ0n) is 12.7. The monoisotopic (exact) mass is 318 g/mol. The first-order valence-corrected chi connectivity index (χ1v) is 8.77. The highest BCUT2D eigenvalue weighted by Crippen LogP contribution is 2.50. The van der Waals surface area contributed by atoms with E-state index in [0.717, 1.165) is 27.7 Å². The molecule has 1 aliphatic heterocycles. The summed E-state index contributed by atoms with van der Waals surface area (Å²) in [6.07, 6.45) is 0. The van der Waals surface area contributed by atoms with E-state index in [2.05, 4.69) is 6.07 Å². The molecule has 1 aliphatic rings. The molecule has 0 fully saturated rings. The maximum atomic E-state index is 13.0. The minimum absolute atomic E-state index is 0.0574. The topological polar surface area (TPSA) is 26.3 Å². The van der Waals surface area contributed by atoms with Gasteiger partial charge in [-0.15, -0.1) is 0 Å². The first-order valence-electron chi connectivity index (χ1n) is 7.51. The van der Waals surface area contributed by atoms with Gasteiger partial charge in [0.2, 0.25) is 5.52 Å². The molecule has 1 atom stereocenters. The number of benzene rings is 3. The van der Waals surface area contributed by atoms with Gasteiger partial charge >= 0.3 is 0 Å². The molecule has 1 unspecified atom stereocenters. The van der Waals surface area contributed by atoms with Gasteiger partial charge in [-0.3, -0.25) is 4.79 Å². The number of fused-ring (bicyclic) bond motifs is 3. The third-order valence-electron chi connectivity index (χ3n) is 3.97. The summed E-state index contributed by atoms with van der Waals surface area (Å²) < 4.78 is 6.12. The van der Waals surface area contributed by atoms with Crippen LogP contribution in [0.25, 0.3) is 11.1 Å². The van der Waals surface area contributed by atoms with Gasteiger partial charge in [-0.2, -0.15) is 0 Å². The van der Waals surface area contributed by atoms with Gasteiger partial charge in [0.05, 0.1) is 0 Å². The van der Waals surface area contributed by atoms with Gasteiger partial charge in [0, 0.05) is 16.4 Å². The lowest BCUT2D eigenvalue weighted by atomic mass is 10.0.